The lowest BCUT2D eigenvalue weighted by molar-refractivity contribution is -0.133. The number of rotatable bonds is 6. The molecule has 5 rings (SSSR count). The first-order chi connectivity index (χ1) is 18.7. The van der Waals surface area contributed by atoms with Gasteiger partial charge in [0.1, 0.15) is 6.04 Å². The number of benzene rings is 3. The lowest BCUT2D eigenvalue weighted by Crippen LogP contribution is -2.50. The number of amides is 4. The van der Waals surface area contributed by atoms with Gasteiger partial charge >= 0.3 is 12.2 Å². The van der Waals surface area contributed by atoms with Gasteiger partial charge in [-0.15, -0.1) is 0 Å². The Hall–Kier alpha value is -4.86. The molecule has 39 heavy (non-hydrogen) atoms. The second-order valence-electron chi connectivity index (χ2n) is 9.79. The molecule has 0 aliphatic carbocycles. The average Bonchev–Trinajstić information content (AvgIpc) is 3.33. The zero-order chi connectivity index (χ0) is 27.6. The van der Waals surface area contributed by atoms with Crippen molar-refractivity contribution >= 4 is 35.4 Å². The Labute approximate surface area is 225 Å². The maximum Gasteiger partial charge on any atom is 0.412 e. The third-order valence-corrected chi connectivity index (χ3v) is 7.02. The Morgan fingerprint density at radius 3 is 2.54 bits per heavy atom. The van der Waals surface area contributed by atoms with Crippen LogP contribution in [-0.4, -0.2) is 53.1 Å². The van der Waals surface area contributed by atoms with Gasteiger partial charge in [-0.05, 0) is 48.9 Å². The Balaban J connectivity index is 1.37. The summed E-state index contributed by atoms with van der Waals surface area (Å²) in [6.45, 7) is 2.49. The first-order valence-electron chi connectivity index (χ1n) is 12.6. The van der Waals surface area contributed by atoms with Gasteiger partial charge in [0.15, 0.2) is 5.60 Å². The SMILES string of the molecule is Cc1ccc2c(c1)[C@]1(CCN(C(=O)[C@H](Cc3ccccc3)NC(=O)c3ccc(NC(=O)O)cc3)C1)OC(=O)N2. The zero-order valence-corrected chi connectivity index (χ0v) is 21.3. The molecule has 2 aliphatic heterocycles. The standard InChI is InChI=1S/C29H28N4O6/c1-18-7-12-23-22(15-18)29(39-28(38)32-23)13-14-33(17-29)26(35)24(16-19-5-3-2-4-6-19)31-25(34)20-8-10-21(11-9-20)30-27(36)37/h2-12,15,24,30H,13-14,16-17H2,1H3,(H,31,34)(H,32,38)(H,36,37)/t24-,29+/m0/s1. The Bertz CT molecular complexity index is 1430. The van der Waals surface area contributed by atoms with Gasteiger partial charge in [-0.2, -0.15) is 0 Å². The summed E-state index contributed by atoms with van der Waals surface area (Å²) in [5, 5.41) is 16.7. The van der Waals surface area contributed by atoms with Gasteiger partial charge in [-0.3, -0.25) is 20.2 Å². The highest BCUT2D eigenvalue weighted by molar-refractivity contribution is 5.98. The van der Waals surface area contributed by atoms with Crippen LogP contribution in [0.2, 0.25) is 0 Å². The molecule has 4 N–H and O–H groups in total. The summed E-state index contributed by atoms with van der Waals surface area (Å²) in [5.41, 5.74) is 3.03. The Morgan fingerprint density at radius 2 is 1.82 bits per heavy atom. The predicted octanol–water partition coefficient (Wildman–Crippen LogP) is 4.12. The number of carbonyl (C=O) groups excluding carboxylic acids is 3. The van der Waals surface area contributed by atoms with E-state index >= 15 is 0 Å². The minimum Gasteiger partial charge on any atom is -0.465 e. The first-order valence-corrected chi connectivity index (χ1v) is 12.6. The fourth-order valence-electron chi connectivity index (χ4n) is 5.13. The van der Waals surface area contributed by atoms with Crippen molar-refractivity contribution in [2.75, 3.05) is 23.7 Å². The maximum atomic E-state index is 13.9. The van der Waals surface area contributed by atoms with E-state index in [0.29, 0.717) is 24.3 Å². The molecule has 10 nitrogen and oxygen atoms in total. The van der Waals surface area contributed by atoms with E-state index in [9.17, 15) is 19.2 Å². The summed E-state index contributed by atoms with van der Waals surface area (Å²) in [6.07, 6.45) is -1.06. The van der Waals surface area contributed by atoms with Crippen LogP contribution < -0.4 is 16.0 Å². The molecule has 0 saturated carbocycles. The van der Waals surface area contributed by atoms with E-state index < -0.39 is 29.7 Å². The predicted molar refractivity (Wildman–Crippen MR) is 144 cm³/mol. The van der Waals surface area contributed by atoms with E-state index in [2.05, 4.69) is 16.0 Å². The zero-order valence-electron chi connectivity index (χ0n) is 21.3. The normalized spacial score (nSPS) is 18.5. The molecular formula is C29H28N4O6. The van der Waals surface area contributed by atoms with E-state index in [1.807, 2.05) is 55.5 Å². The molecular weight excluding hydrogens is 500 g/mol. The van der Waals surface area contributed by atoms with Crippen molar-refractivity contribution in [2.45, 2.75) is 31.4 Å². The lowest BCUT2D eigenvalue weighted by atomic mass is 9.89. The topological polar surface area (TPSA) is 137 Å². The smallest absolute Gasteiger partial charge is 0.412 e. The van der Waals surface area contributed by atoms with Gasteiger partial charge in [-0.1, -0.05) is 42.0 Å². The van der Waals surface area contributed by atoms with Gasteiger partial charge in [0.05, 0.1) is 12.2 Å². The molecule has 0 bridgehead atoms. The monoisotopic (exact) mass is 528 g/mol. The average molecular weight is 529 g/mol. The number of hydrogen-bond acceptors (Lipinski definition) is 5. The van der Waals surface area contributed by atoms with Gasteiger partial charge in [0, 0.05) is 36.2 Å². The molecule has 10 heteroatoms. The van der Waals surface area contributed by atoms with Gasteiger partial charge in [-0.25, -0.2) is 9.59 Å². The molecule has 0 unspecified atom stereocenters. The van der Waals surface area contributed by atoms with E-state index in [1.54, 1.807) is 4.90 Å². The van der Waals surface area contributed by atoms with Crippen LogP contribution in [0.15, 0.2) is 72.8 Å². The molecule has 3 aromatic rings. The van der Waals surface area contributed by atoms with Crippen LogP contribution >= 0.6 is 0 Å². The summed E-state index contributed by atoms with van der Waals surface area (Å²) in [5.74, 6) is -0.744. The fraction of sp³-hybridized carbons (Fsp3) is 0.241. The van der Waals surface area contributed by atoms with E-state index in [0.717, 1.165) is 16.7 Å². The van der Waals surface area contributed by atoms with Crippen LogP contribution in [0.5, 0.6) is 0 Å². The maximum absolute atomic E-state index is 13.9. The number of carboxylic acid groups (broad SMARTS) is 1. The second-order valence-corrected chi connectivity index (χ2v) is 9.79. The summed E-state index contributed by atoms with van der Waals surface area (Å²) < 4.78 is 5.80. The van der Waals surface area contributed by atoms with Gasteiger partial charge in [0.25, 0.3) is 5.91 Å². The van der Waals surface area contributed by atoms with Gasteiger partial charge < -0.3 is 20.1 Å². The highest BCUT2D eigenvalue weighted by atomic mass is 16.6. The second kappa shape index (κ2) is 10.5. The van der Waals surface area contributed by atoms with Crippen LogP contribution in [-0.2, 0) is 21.6 Å². The number of anilines is 2. The summed E-state index contributed by atoms with van der Waals surface area (Å²) in [6, 6.07) is 20.2. The largest absolute Gasteiger partial charge is 0.465 e. The van der Waals surface area contributed by atoms with Crippen LogP contribution in [0.3, 0.4) is 0 Å². The number of ether oxygens (including phenoxy) is 1. The number of aryl methyl sites for hydroxylation is 1. The number of fused-ring (bicyclic) bond motifs is 2. The van der Waals surface area contributed by atoms with Gasteiger partial charge in [0.2, 0.25) is 5.91 Å². The highest BCUT2D eigenvalue weighted by Gasteiger charge is 2.49. The minimum atomic E-state index is -1.21. The van der Waals surface area contributed by atoms with Crippen LogP contribution in [0.4, 0.5) is 21.0 Å². The fourth-order valence-corrected chi connectivity index (χ4v) is 5.13. The Kier molecular flexibility index (Phi) is 6.93. The van der Waals surface area contributed by atoms with Crippen molar-refractivity contribution in [3.8, 4) is 0 Å². The van der Waals surface area contributed by atoms with E-state index in [4.69, 9.17) is 9.84 Å². The molecule has 4 amide bonds. The van der Waals surface area contributed by atoms with E-state index in [-0.39, 0.29) is 24.4 Å². The molecule has 2 heterocycles. The molecule has 2 atom stereocenters. The van der Waals surface area contributed by atoms with Crippen molar-refractivity contribution in [3.63, 3.8) is 0 Å². The number of carbonyl (C=O) groups is 4. The molecule has 1 fully saturated rings. The molecule has 0 radical (unpaired) electrons. The van der Waals surface area contributed by atoms with Crippen molar-refractivity contribution < 1.29 is 29.0 Å². The summed E-state index contributed by atoms with van der Waals surface area (Å²) in [4.78, 5) is 51.9. The lowest BCUT2D eigenvalue weighted by Gasteiger charge is -2.36. The minimum absolute atomic E-state index is 0.173. The third-order valence-electron chi connectivity index (χ3n) is 7.02. The number of likely N-dealkylation sites (tertiary alicyclic amines) is 1. The van der Waals surface area contributed by atoms with Crippen molar-refractivity contribution in [1.29, 1.82) is 0 Å². The third kappa shape index (κ3) is 5.54. The molecule has 3 aromatic carbocycles. The molecule has 0 aromatic heterocycles. The molecule has 1 spiro atoms. The quantitative estimate of drug-likeness (QED) is 0.380. The van der Waals surface area contributed by atoms with Crippen LogP contribution in [0.1, 0.15) is 33.5 Å². The van der Waals surface area contributed by atoms with E-state index in [1.165, 1.54) is 24.3 Å². The van der Waals surface area contributed by atoms with Crippen molar-refractivity contribution in [3.05, 3.63) is 95.1 Å². The first kappa shape index (κ1) is 25.8. The summed E-state index contributed by atoms with van der Waals surface area (Å²) in [7, 11) is 0. The molecule has 1 saturated heterocycles. The Morgan fingerprint density at radius 1 is 1.08 bits per heavy atom. The molecule has 2 aliphatic rings. The summed E-state index contributed by atoms with van der Waals surface area (Å²) >= 11 is 0. The number of nitrogens with one attached hydrogen (secondary N) is 3. The number of nitrogens with zero attached hydrogens (tertiary/aromatic N) is 1. The van der Waals surface area contributed by atoms with Crippen molar-refractivity contribution in [1.82, 2.24) is 10.2 Å². The van der Waals surface area contributed by atoms with Crippen LogP contribution in [0, 0.1) is 6.92 Å². The highest BCUT2D eigenvalue weighted by Crippen LogP contribution is 2.43. The van der Waals surface area contributed by atoms with Crippen LogP contribution in [0.25, 0.3) is 0 Å². The molecule has 200 valence electrons. The van der Waals surface area contributed by atoms with Crippen molar-refractivity contribution in [2.24, 2.45) is 0 Å². The number of hydrogen-bond donors (Lipinski definition) is 4.